The van der Waals surface area contributed by atoms with Crippen molar-refractivity contribution in [1.82, 2.24) is 4.98 Å². The van der Waals surface area contributed by atoms with Crippen LogP contribution in [0.3, 0.4) is 0 Å². The van der Waals surface area contributed by atoms with Gasteiger partial charge in [-0.2, -0.15) is 0 Å². The average molecular weight is 251 g/mol. The zero-order valence-corrected chi connectivity index (χ0v) is 10.9. The molecule has 0 amide bonds. The molecule has 0 saturated heterocycles. The van der Waals surface area contributed by atoms with Gasteiger partial charge in [-0.05, 0) is 38.1 Å². The van der Waals surface area contributed by atoms with Crippen LogP contribution in [0.1, 0.15) is 13.8 Å². The molecule has 90 valence electrons. The fraction of sp³-hybridized carbons (Fsp3) is 0.308. The number of fused-ring (bicyclic) bond motifs is 1. The van der Waals surface area contributed by atoms with Crippen LogP contribution in [-0.2, 0) is 0 Å². The maximum atomic E-state index is 6.15. The van der Waals surface area contributed by atoms with E-state index < -0.39 is 0 Å². The molecule has 0 bridgehead atoms. The van der Waals surface area contributed by atoms with E-state index in [9.17, 15) is 0 Å². The van der Waals surface area contributed by atoms with Crippen LogP contribution in [0.5, 0.6) is 5.75 Å². The predicted molar refractivity (Wildman–Crippen MR) is 72.1 cm³/mol. The van der Waals surface area contributed by atoms with Gasteiger partial charge in [-0.25, -0.2) is 4.98 Å². The van der Waals surface area contributed by atoms with Crippen LogP contribution in [0.2, 0.25) is 5.02 Å². The van der Waals surface area contributed by atoms with Gasteiger partial charge in [-0.15, -0.1) is 0 Å². The van der Waals surface area contributed by atoms with Crippen molar-refractivity contribution in [3.8, 4) is 5.75 Å². The number of aromatic nitrogens is 1. The molecule has 3 nitrogen and oxygen atoms in total. The molecule has 4 heteroatoms. The van der Waals surface area contributed by atoms with Crippen molar-refractivity contribution in [3.05, 3.63) is 29.3 Å². The van der Waals surface area contributed by atoms with E-state index in [1.165, 1.54) is 0 Å². The van der Waals surface area contributed by atoms with Gasteiger partial charge in [0.15, 0.2) is 0 Å². The summed E-state index contributed by atoms with van der Waals surface area (Å²) in [7, 11) is 1.64. The molecule has 17 heavy (non-hydrogen) atoms. The molecule has 1 heterocycles. The number of ether oxygens (including phenoxy) is 1. The molecular formula is C13H15ClN2O. The number of methoxy groups -OCH3 is 1. The predicted octanol–water partition coefficient (Wildman–Crippen LogP) is 3.72. The average Bonchev–Trinajstić information content (AvgIpc) is 2.29. The van der Waals surface area contributed by atoms with Crippen LogP contribution in [-0.4, -0.2) is 18.1 Å². The number of hydrogen-bond acceptors (Lipinski definition) is 3. The monoisotopic (exact) mass is 250 g/mol. The first-order chi connectivity index (χ1) is 8.11. The SMILES string of the molecule is COc1ccc(Cl)c2nc(NC(C)C)ccc12. The minimum Gasteiger partial charge on any atom is -0.496 e. The second kappa shape index (κ2) is 4.80. The molecule has 0 unspecified atom stereocenters. The second-order valence-electron chi connectivity index (χ2n) is 4.14. The van der Waals surface area contributed by atoms with Gasteiger partial charge < -0.3 is 10.1 Å². The lowest BCUT2D eigenvalue weighted by atomic mass is 10.2. The number of nitrogens with zero attached hydrogens (tertiary/aromatic N) is 1. The summed E-state index contributed by atoms with van der Waals surface area (Å²) in [5.74, 6) is 1.61. The van der Waals surface area contributed by atoms with Gasteiger partial charge in [-0.1, -0.05) is 11.6 Å². The third kappa shape index (κ3) is 2.44. The van der Waals surface area contributed by atoms with Crippen molar-refractivity contribution in [3.63, 3.8) is 0 Å². The molecule has 1 N–H and O–H groups in total. The lowest BCUT2D eigenvalue weighted by Gasteiger charge is -2.11. The Balaban J connectivity index is 2.56. The highest BCUT2D eigenvalue weighted by Gasteiger charge is 2.07. The normalized spacial score (nSPS) is 10.9. The molecule has 0 aliphatic heterocycles. The van der Waals surface area contributed by atoms with Gasteiger partial charge in [0, 0.05) is 11.4 Å². The topological polar surface area (TPSA) is 34.1 Å². The molecular weight excluding hydrogens is 236 g/mol. The Morgan fingerprint density at radius 3 is 2.65 bits per heavy atom. The molecule has 0 atom stereocenters. The molecule has 1 aromatic heterocycles. The summed E-state index contributed by atoms with van der Waals surface area (Å²) in [6.07, 6.45) is 0. The fourth-order valence-electron chi connectivity index (χ4n) is 1.71. The van der Waals surface area contributed by atoms with E-state index >= 15 is 0 Å². The molecule has 0 spiro atoms. The summed E-state index contributed by atoms with van der Waals surface area (Å²) in [5, 5.41) is 4.81. The van der Waals surface area contributed by atoms with Gasteiger partial charge >= 0.3 is 0 Å². The highest BCUT2D eigenvalue weighted by atomic mass is 35.5. The Morgan fingerprint density at radius 1 is 1.24 bits per heavy atom. The summed E-state index contributed by atoms with van der Waals surface area (Å²) in [4.78, 5) is 4.50. The molecule has 2 rings (SSSR count). The van der Waals surface area contributed by atoms with Crippen LogP contribution in [0.25, 0.3) is 10.9 Å². The molecule has 0 radical (unpaired) electrons. The van der Waals surface area contributed by atoms with Gasteiger partial charge in [0.1, 0.15) is 11.6 Å². The molecule has 0 aliphatic carbocycles. The van der Waals surface area contributed by atoms with Crippen molar-refractivity contribution < 1.29 is 4.74 Å². The number of hydrogen-bond donors (Lipinski definition) is 1. The number of anilines is 1. The molecule has 2 aromatic rings. The van der Waals surface area contributed by atoms with Gasteiger partial charge in [-0.3, -0.25) is 0 Å². The van der Waals surface area contributed by atoms with Crippen LogP contribution < -0.4 is 10.1 Å². The van der Waals surface area contributed by atoms with Gasteiger partial charge in [0.05, 0.1) is 17.6 Å². The minimum atomic E-state index is 0.337. The molecule has 0 saturated carbocycles. The van der Waals surface area contributed by atoms with E-state index in [1.54, 1.807) is 13.2 Å². The summed E-state index contributed by atoms with van der Waals surface area (Å²) < 4.78 is 5.28. The maximum absolute atomic E-state index is 6.15. The van der Waals surface area contributed by atoms with Gasteiger partial charge in [0.25, 0.3) is 0 Å². The summed E-state index contributed by atoms with van der Waals surface area (Å²) in [6.45, 7) is 4.14. The Labute approximate surface area is 106 Å². The molecule has 1 aromatic carbocycles. The summed E-state index contributed by atoms with van der Waals surface area (Å²) in [6, 6.07) is 7.89. The van der Waals surface area contributed by atoms with Crippen LogP contribution >= 0.6 is 11.6 Å². The Kier molecular flexibility index (Phi) is 3.38. The second-order valence-corrected chi connectivity index (χ2v) is 4.55. The van der Waals surface area contributed by atoms with E-state index in [-0.39, 0.29) is 0 Å². The number of rotatable bonds is 3. The first-order valence-corrected chi connectivity index (χ1v) is 5.89. The van der Waals surface area contributed by atoms with Crippen LogP contribution in [0.15, 0.2) is 24.3 Å². The summed E-state index contributed by atoms with van der Waals surface area (Å²) >= 11 is 6.15. The Morgan fingerprint density at radius 2 is 2.00 bits per heavy atom. The van der Waals surface area contributed by atoms with E-state index in [1.807, 2.05) is 18.2 Å². The third-order valence-corrected chi connectivity index (χ3v) is 2.73. The first kappa shape index (κ1) is 12.0. The number of benzene rings is 1. The van der Waals surface area contributed by atoms with E-state index in [0.717, 1.165) is 22.5 Å². The van der Waals surface area contributed by atoms with Crippen molar-refractivity contribution in [2.75, 3.05) is 12.4 Å². The number of halogens is 1. The smallest absolute Gasteiger partial charge is 0.128 e. The number of pyridine rings is 1. The molecule has 0 fully saturated rings. The van der Waals surface area contributed by atoms with Crippen LogP contribution in [0.4, 0.5) is 5.82 Å². The van der Waals surface area contributed by atoms with E-state index in [2.05, 4.69) is 24.1 Å². The number of nitrogens with one attached hydrogen (secondary N) is 1. The van der Waals surface area contributed by atoms with Crippen molar-refractivity contribution in [1.29, 1.82) is 0 Å². The maximum Gasteiger partial charge on any atom is 0.128 e. The quantitative estimate of drug-likeness (QED) is 0.902. The minimum absolute atomic E-state index is 0.337. The van der Waals surface area contributed by atoms with Crippen LogP contribution in [0, 0.1) is 0 Å². The van der Waals surface area contributed by atoms with Gasteiger partial charge in [0.2, 0.25) is 0 Å². The lowest BCUT2D eigenvalue weighted by Crippen LogP contribution is -2.10. The lowest BCUT2D eigenvalue weighted by molar-refractivity contribution is 0.420. The van der Waals surface area contributed by atoms with Crippen molar-refractivity contribution >= 4 is 28.3 Å². The van der Waals surface area contributed by atoms with E-state index in [0.29, 0.717) is 11.1 Å². The molecule has 0 aliphatic rings. The third-order valence-electron chi connectivity index (χ3n) is 2.42. The fourth-order valence-corrected chi connectivity index (χ4v) is 1.92. The largest absolute Gasteiger partial charge is 0.496 e. The Bertz CT molecular complexity index is 540. The standard InChI is InChI=1S/C13H15ClN2O/c1-8(2)15-12-7-4-9-11(17-3)6-5-10(14)13(9)16-12/h4-8H,1-3H3,(H,15,16). The summed E-state index contributed by atoms with van der Waals surface area (Å²) in [5.41, 5.74) is 0.761. The van der Waals surface area contributed by atoms with Crippen molar-refractivity contribution in [2.24, 2.45) is 0 Å². The highest BCUT2D eigenvalue weighted by molar-refractivity contribution is 6.35. The van der Waals surface area contributed by atoms with Crippen molar-refractivity contribution in [2.45, 2.75) is 19.9 Å². The zero-order valence-electron chi connectivity index (χ0n) is 10.1. The zero-order chi connectivity index (χ0) is 12.4. The Hall–Kier alpha value is -1.48. The van der Waals surface area contributed by atoms with E-state index in [4.69, 9.17) is 16.3 Å². The highest BCUT2D eigenvalue weighted by Crippen LogP contribution is 2.30. The first-order valence-electron chi connectivity index (χ1n) is 5.51.